The fourth-order valence-electron chi connectivity index (χ4n) is 2.06. The molecule has 0 spiro atoms. The number of carbonyl (C=O) groups excluding carboxylic acids is 1. The van der Waals surface area contributed by atoms with Gasteiger partial charge < -0.3 is 10.1 Å². The van der Waals surface area contributed by atoms with Crippen molar-refractivity contribution in [3.8, 4) is 0 Å². The SMILES string of the molecule is CCCc1ccccc1Nc1nc(CCC(=O)OC)cs1. The van der Waals surface area contributed by atoms with E-state index >= 15 is 0 Å². The summed E-state index contributed by atoms with van der Waals surface area (Å²) in [7, 11) is 1.40. The summed E-state index contributed by atoms with van der Waals surface area (Å²) in [5.41, 5.74) is 3.32. The van der Waals surface area contributed by atoms with Crippen molar-refractivity contribution in [3.05, 3.63) is 40.9 Å². The zero-order valence-electron chi connectivity index (χ0n) is 12.4. The van der Waals surface area contributed by atoms with Gasteiger partial charge in [-0.15, -0.1) is 11.3 Å². The van der Waals surface area contributed by atoms with Crippen LogP contribution in [0.15, 0.2) is 29.6 Å². The summed E-state index contributed by atoms with van der Waals surface area (Å²) in [4.78, 5) is 15.6. The summed E-state index contributed by atoms with van der Waals surface area (Å²) in [6.07, 6.45) is 3.14. The molecule has 0 unspecified atom stereocenters. The Morgan fingerprint density at radius 2 is 2.14 bits per heavy atom. The second-order valence-electron chi connectivity index (χ2n) is 4.75. The van der Waals surface area contributed by atoms with Crippen molar-refractivity contribution in [2.45, 2.75) is 32.6 Å². The highest BCUT2D eigenvalue weighted by Gasteiger charge is 2.07. The van der Waals surface area contributed by atoms with Crippen LogP contribution in [0.3, 0.4) is 0 Å². The normalized spacial score (nSPS) is 10.4. The van der Waals surface area contributed by atoms with E-state index in [2.05, 4.69) is 40.2 Å². The Kier molecular flexibility index (Phi) is 5.75. The van der Waals surface area contributed by atoms with Gasteiger partial charge in [-0.3, -0.25) is 4.79 Å². The number of thiazole rings is 1. The van der Waals surface area contributed by atoms with Gasteiger partial charge in [0.15, 0.2) is 5.13 Å². The number of esters is 1. The first-order valence-electron chi connectivity index (χ1n) is 7.09. The highest BCUT2D eigenvalue weighted by atomic mass is 32.1. The van der Waals surface area contributed by atoms with Crippen molar-refractivity contribution >= 4 is 28.1 Å². The molecule has 1 aromatic heterocycles. The topological polar surface area (TPSA) is 51.2 Å². The van der Waals surface area contributed by atoms with Crippen LogP contribution in [-0.4, -0.2) is 18.1 Å². The van der Waals surface area contributed by atoms with Crippen molar-refractivity contribution in [2.75, 3.05) is 12.4 Å². The standard InChI is InChI=1S/C16H20N2O2S/c1-3-6-12-7-4-5-8-14(12)18-16-17-13(11-21-16)9-10-15(19)20-2/h4-5,7-8,11H,3,6,9-10H2,1-2H3,(H,17,18). The smallest absolute Gasteiger partial charge is 0.305 e. The molecule has 0 aliphatic carbocycles. The van der Waals surface area contributed by atoms with Crippen molar-refractivity contribution < 1.29 is 9.53 Å². The number of aromatic nitrogens is 1. The van der Waals surface area contributed by atoms with Gasteiger partial charge in [-0.1, -0.05) is 31.5 Å². The Bertz CT molecular complexity index is 595. The van der Waals surface area contributed by atoms with E-state index in [9.17, 15) is 4.79 Å². The number of hydrogen-bond acceptors (Lipinski definition) is 5. The minimum absolute atomic E-state index is 0.203. The summed E-state index contributed by atoms with van der Waals surface area (Å²) < 4.78 is 4.64. The van der Waals surface area contributed by atoms with Crippen molar-refractivity contribution in [1.82, 2.24) is 4.98 Å². The first-order valence-corrected chi connectivity index (χ1v) is 7.97. The van der Waals surface area contributed by atoms with Crippen LogP contribution in [0.2, 0.25) is 0 Å². The maximum atomic E-state index is 11.1. The average Bonchev–Trinajstić information content (AvgIpc) is 2.94. The molecule has 0 aliphatic rings. The van der Waals surface area contributed by atoms with Crippen LogP contribution >= 0.6 is 11.3 Å². The zero-order chi connectivity index (χ0) is 15.1. The molecule has 0 radical (unpaired) electrons. The minimum atomic E-state index is -0.203. The van der Waals surface area contributed by atoms with Crippen LogP contribution in [0.5, 0.6) is 0 Å². The number of aryl methyl sites for hydroxylation is 2. The lowest BCUT2D eigenvalue weighted by molar-refractivity contribution is -0.140. The average molecular weight is 304 g/mol. The summed E-state index contributed by atoms with van der Waals surface area (Å²) in [5, 5.41) is 6.21. The van der Waals surface area contributed by atoms with Gasteiger partial charge in [-0.25, -0.2) is 4.98 Å². The second-order valence-corrected chi connectivity index (χ2v) is 5.61. The van der Waals surface area contributed by atoms with Crippen LogP contribution in [0.25, 0.3) is 0 Å². The maximum absolute atomic E-state index is 11.1. The molecule has 0 aliphatic heterocycles. The Balaban J connectivity index is 2.00. The van der Waals surface area contributed by atoms with Gasteiger partial charge in [0.05, 0.1) is 19.2 Å². The van der Waals surface area contributed by atoms with E-state index in [0.29, 0.717) is 12.8 Å². The molecule has 0 atom stereocenters. The quantitative estimate of drug-likeness (QED) is 0.787. The molecule has 0 bridgehead atoms. The van der Waals surface area contributed by atoms with Crippen LogP contribution < -0.4 is 5.32 Å². The molecule has 21 heavy (non-hydrogen) atoms. The van der Waals surface area contributed by atoms with Crippen molar-refractivity contribution in [3.63, 3.8) is 0 Å². The van der Waals surface area contributed by atoms with Gasteiger partial charge in [-0.2, -0.15) is 0 Å². The fourth-order valence-corrected chi connectivity index (χ4v) is 2.81. The Morgan fingerprint density at radius 1 is 1.33 bits per heavy atom. The predicted molar refractivity (Wildman–Crippen MR) is 86.2 cm³/mol. The van der Waals surface area contributed by atoms with Crippen molar-refractivity contribution in [2.24, 2.45) is 0 Å². The summed E-state index contributed by atoms with van der Waals surface area (Å²) >= 11 is 1.56. The monoisotopic (exact) mass is 304 g/mol. The molecule has 2 aromatic rings. The highest BCUT2D eigenvalue weighted by Crippen LogP contribution is 2.25. The van der Waals surface area contributed by atoms with Gasteiger partial charge in [0, 0.05) is 17.5 Å². The van der Waals surface area contributed by atoms with E-state index < -0.39 is 0 Å². The molecule has 0 fully saturated rings. The highest BCUT2D eigenvalue weighted by molar-refractivity contribution is 7.13. The molecule has 1 heterocycles. The molecule has 1 aromatic carbocycles. The number of nitrogens with zero attached hydrogens (tertiary/aromatic N) is 1. The van der Waals surface area contributed by atoms with Crippen LogP contribution in [0, 0.1) is 0 Å². The van der Waals surface area contributed by atoms with E-state index in [1.54, 1.807) is 11.3 Å². The third-order valence-corrected chi connectivity index (χ3v) is 3.95. The van der Waals surface area contributed by atoms with E-state index in [4.69, 9.17) is 0 Å². The maximum Gasteiger partial charge on any atom is 0.305 e. The van der Waals surface area contributed by atoms with Gasteiger partial charge in [0.2, 0.25) is 0 Å². The summed E-state index contributed by atoms with van der Waals surface area (Å²) in [6.45, 7) is 2.17. The molecule has 1 N–H and O–H groups in total. The molecule has 2 rings (SSSR count). The number of methoxy groups -OCH3 is 1. The molecule has 112 valence electrons. The van der Waals surface area contributed by atoms with Crippen LogP contribution in [0.4, 0.5) is 10.8 Å². The number of hydrogen-bond donors (Lipinski definition) is 1. The number of ether oxygens (including phenoxy) is 1. The second kappa shape index (κ2) is 7.78. The van der Waals surface area contributed by atoms with Crippen molar-refractivity contribution in [1.29, 1.82) is 0 Å². The van der Waals surface area contributed by atoms with E-state index in [1.807, 2.05) is 11.4 Å². The van der Waals surface area contributed by atoms with E-state index in [-0.39, 0.29) is 5.97 Å². The predicted octanol–water partition coefficient (Wildman–Crippen LogP) is 3.94. The number of para-hydroxylation sites is 1. The molecular formula is C16H20N2O2S. The fraction of sp³-hybridized carbons (Fsp3) is 0.375. The number of anilines is 2. The van der Waals surface area contributed by atoms with E-state index in [1.165, 1.54) is 12.7 Å². The molecule has 0 saturated heterocycles. The first kappa shape index (κ1) is 15.5. The summed E-state index contributed by atoms with van der Waals surface area (Å²) in [6, 6.07) is 8.28. The Hall–Kier alpha value is -1.88. The third-order valence-electron chi connectivity index (χ3n) is 3.14. The number of nitrogens with one attached hydrogen (secondary N) is 1. The molecule has 4 nitrogen and oxygen atoms in total. The van der Waals surface area contributed by atoms with Crippen LogP contribution in [0.1, 0.15) is 31.0 Å². The molecule has 0 saturated carbocycles. The van der Waals surface area contributed by atoms with Gasteiger partial charge in [0.25, 0.3) is 0 Å². The summed E-state index contributed by atoms with van der Waals surface area (Å²) in [5.74, 6) is -0.203. The molecular weight excluding hydrogens is 284 g/mol. The molecule has 5 heteroatoms. The number of carbonyl (C=O) groups is 1. The largest absolute Gasteiger partial charge is 0.469 e. The number of rotatable bonds is 7. The Labute approximate surface area is 129 Å². The Morgan fingerprint density at radius 3 is 2.90 bits per heavy atom. The first-order chi connectivity index (χ1) is 10.2. The zero-order valence-corrected chi connectivity index (χ0v) is 13.2. The number of benzene rings is 1. The lowest BCUT2D eigenvalue weighted by atomic mass is 10.1. The van der Waals surface area contributed by atoms with E-state index in [0.717, 1.165) is 29.4 Å². The molecule has 0 amide bonds. The third kappa shape index (κ3) is 4.56. The van der Waals surface area contributed by atoms with Gasteiger partial charge in [0.1, 0.15) is 0 Å². The van der Waals surface area contributed by atoms with Crippen LogP contribution in [-0.2, 0) is 22.4 Å². The van der Waals surface area contributed by atoms with Gasteiger partial charge >= 0.3 is 5.97 Å². The lowest BCUT2D eigenvalue weighted by Crippen LogP contribution is -2.02. The van der Waals surface area contributed by atoms with Gasteiger partial charge in [-0.05, 0) is 18.1 Å². The lowest BCUT2D eigenvalue weighted by Gasteiger charge is -2.08. The minimum Gasteiger partial charge on any atom is -0.469 e.